The van der Waals surface area contributed by atoms with Gasteiger partial charge in [-0.2, -0.15) is 0 Å². The molecule has 7 rings (SSSR count). The van der Waals surface area contributed by atoms with Crippen molar-refractivity contribution >= 4 is 21.4 Å². The summed E-state index contributed by atoms with van der Waals surface area (Å²) in [5.41, 5.74) is 5.49. The van der Waals surface area contributed by atoms with Crippen LogP contribution in [0.3, 0.4) is 0 Å². The first kappa shape index (κ1) is 37.0. The van der Waals surface area contributed by atoms with Crippen LogP contribution in [0.5, 0.6) is 0 Å². The average Bonchev–Trinajstić information content (AvgIpc) is 3.39. The van der Waals surface area contributed by atoms with Crippen molar-refractivity contribution in [1.29, 1.82) is 0 Å². The highest BCUT2D eigenvalue weighted by Gasteiger charge is 2.70. The molecule has 0 aromatic heterocycles. The minimum atomic E-state index is -1.94. The summed E-state index contributed by atoms with van der Waals surface area (Å²) in [6.07, 6.45) is 22.0. The molecule has 280 valence electrons. The second-order valence-electron chi connectivity index (χ2n) is 20.2. The number of carboxylic acid groups (broad SMARTS) is 1. The van der Waals surface area contributed by atoms with E-state index in [0.717, 1.165) is 70.1 Å². The molecule has 0 amide bonds. The fourth-order valence-corrected chi connectivity index (χ4v) is 15.7. The van der Waals surface area contributed by atoms with Crippen molar-refractivity contribution in [1.82, 2.24) is 10.2 Å². The Morgan fingerprint density at radius 1 is 0.980 bits per heavy atom. The van der Waals surface area contributed by atoms with Gasteiger partial charge in [-0.25, -0.2) is 0 Å². The summed E-state index contributed by atoms with van der Waals surface area (Å²) < 4.78 is 12.6. The van der Waals surface area contributed by atoms with E-state index in [1.54, 1.807) is 0 Å². The van der Waals surface area contributed by atoms with Crippen molar-refractivity contribution in [2.24, 2.45) is 57.2 Å². The third kappa shape index (κ3) is 5.69. The molecule has 0 bridgehead atoms. The summed E-state index contributed by atoms with van der Waals surface area (Å²) in [6, 6.07) is 0. The molecular formula is C44H70N2O3S. The summed E-state index contributed by atoms with van der Waals surface area (Å²) in [4.78, 5) is 14.1. The number of fused-ring (bicyclic) bond motifs is 7. The molecule has 7 aliphatic rings. The molecular weight excluding hydrogens is 637 g/mol. The van der Waals surface area contributed by atoms with E-state index >= 15 is 0 Å². The molecule has 0 aromatic rings. The van der Waals surface area contributed by atoms with Crippen molar-refractivity contribution in [3.63, 3.8) is 0 Å². The standard InChI is InChI=1S/C44H70N2O3S/c1-29(2)34-13-19-44(45-22-25-46-23-15-33(16-24-46)50(8,9)49)21-20-42(6)35(38(34)44)10-11-37-41(5)17-12-32(28-30-26-31(27-30)39(47)48)40(3,4)36(41)14-18-43(37,42)7/h12,28,31,33-38,45H,1,8,10-11,13-27H2,2-7,9H3,(H,47,48)/t31?,34-,35+,36-,37+,38+,41-,42+,43+,44-,50?/m0/s1. The summed E-state index contributed by atoms with van der Waals surface area (Å²) in [5.74, 6) is 6.57. The predicted molar refractivity (Wildman–Crippen MR) is 210 cm³/mol. The van der Waals surface area contributed by atoms with E-state index in [9.17, 15) is 14.1 Å². The lowest BCUT2D eigenvalue weighted by atomic mass is 9.33. The van der Waals surface area contributed by atoms with Crippen LogP contribution in [0.15, 0.2) is 35.5 Å². The average molecular weight is 707 g/mol. The van der Waals surface area contributed by atoms with Gasteiger partial charge in [0.05, 0.1) is 5.92 Å². The van der Waals surface area contributed by atoms with Gasteiger partial charge >= 0.3 is 5.97 Å². The van der Waals surface area contributed by atoms with Gasteiger partial charge in [0, 0.05) is 30.1 Å². The lowest BCUT2D eigenvalue weighted by Gasteiger charge is -2.72. The highest BCUT2D eigenvalue weighted by Crippen LogP contribution is 2.76. The third-order valence-corrected chi connectivity index (χ3v) is 19.5. The molecule has 5 nitrogen and oxygen atoms in total. The third-order valence-electron chi connectivity index (χ3n) is 17.6. The van der Waals surface area contributed by atoms with E-state index < -0.39 is 15.5 Å². The number of carbonyl (C=O) groups is 1. The number of rotatable bonds is 8. The largest absolute Gasteiger partial charge is 0.481 e. The number of carboxylic acids is 1. The first-order valence-electron chi connectivity index (χ1n) is 20.4. The first-order chi connectivity index (χ1) is 23.4. The van der Waals surface area contributed by atoms with E-state index in [4.69, 9.17) is 0 Å². The summed E-state index contributed by atoms with van der Waals surface area (Å²) in [7, 11) is -1.94. The topological polar surface area (TPSA) is 69.6 Å². The zero-order valence-corrected chi connectivity index (χ0v) is 33.6. The maximum atomic E-state index is 12.6. The number of aliphatic carboxylic acids is 1. The zero-order valence-electron chi connectivity index (χ0n) is 32.8. The Morgan fingerprint density at radius 3 is 2.32 bits per heavy atom. The van der Waals surface area contributed by atoms with Gasteiger partial charge in [0.25, 0.3) is 0 Å². The normalized spacial score (nSPS) is 45.5. The highest BCUT2D eigenvalue weighted by molar-refractivity contribution is 8.00. The summed E-state index contributed by atoms with van der Waals surface area (Å²) in [5, 5.41) is 14.0. The van der Waals surface area contributed by atoms with Crippen molar-refractivity contribution in [3.05, 3.63) is 35.5 Å². The maximum Gasteiger partial charge on any atom is 0.307 e. The Labute approximate surface area is 305 Å². The van der Waals surface area contributed by atoms with Crippen LogP contribution in [-0.4, -0.2) is 69.3 Å². The number of allylic oxidation sites excluding steroid dienone is 5. The molecule has 0 spiro atoms. The van der Waals surface area contributed by atoms with Crippen LogP contribution in [0.4, 0.5) is 0 Å². The summed E-state index contributed by atoms with van der Waals surface area (Å²) in [6.45, 7) is 24.4. The number of nitrogens with zero attached hydrogens (tertiary/aromatic N) is 1. The molecule has 1 unspecified atom stereocenters. The molecule has 2 N–H and O–H groups in total. The van der Waals surface area contributed by atoms with E-state index in [-0.39, 0.29) is 27.5 Å². The van der Waals surface area contributed by atoms with Gasteiger partial charge < -0.3 is 15.3 Å². The van der Waals surface area contributed by atoms with Gasteiger partial charge in [-0.15, -0.1) is 0 Å². The SMILES string of the molecule is C=C(C)[C@@H]1CC[C@]2(NCCN3CCC(S(=C)(C)=O)CC3)CC[C@]3(C)[C@H](CC[C@@H]4[C@@]5(C)CC=C(C=C6CC(C(=O)O)C6)C(C)(C)[C@@H]5CC[C@]43C)[C@@H]12. The second-order valence-corrected chi connectivity index (χ2v) is 23.0. The summed E-state index contributed by atoms with van der Waals surface area (Å²) >= 11 is 0. The lowest BCUT2D eigenvalue weighted by Crippen LogP contribution is -2.68. The predicted octanol–water partition coefficient (Wildman–Crippen LogP) is 8.75. The van der Waals surface area contributed by atoms with Crippen LogP contribution >= 0.6 is 0 Å². The number of hydrogen-bond acceptors (Lipinski definition) is 4. The molecule has 5 saturated carbocycles. The molecule has 50 heavy (non-hydrogen) atoms. The van der Waals surface area contributed by atoms with Crippen LogP contribution in [-0.2, 0) is 14.3 Å². The number of nitrogens with one attached hydrogen (secondary N) is 1. The van der Waals surface area contributed by atoms with Crippen molar-refractivity contribution in [3.8, 4) is 0 Å². The van der Waals surface area contributed by atoms with Gasteiger partial charge in [-0.1, -0.05) is 64.5 Å². The number of likely N-dealkylation sites (tertiary alicyclic amines) is 1. The Hall–Kier alpha value is -1.37. The minimum absolute atomic E-state index is 0.105. The van der Waals surface area contributed by atoms with Gasteiger partial charge in [0.2, 0.25) is 0 Å². The molecule has 1 heterocycles. The van der Waals surface area contributed by atoms with Gasteiger partial charge in [0.15, 0.2) is 0 Å². The highest BCUT2D eigenvalue weighted by atomic mass is 32.2. The molecule has 10 atom stereocenters. The van der Waals surface area contributed by atoms with E-state index in [1.807, 2.05) is 6.26 Å². The van der Waals surface area contributed by atoms with Crippen LogP contribution in [0, 0.1) is 57.2 Å². The monoisotopic (exact) mass is 707 g/mol. The van der Waals surface area contributed by atoms with Crippen molar-refractivity contribution < 1.29 is 14.1 Å². The Balaban J connectivity index is 1.10. The number of hydrogen-bond donors (Lipinski definition) is 2. The zero-order chi connectivity index (χ0) is 36.1. The molecule has 1 aliphatic heterocycles. The Morgan fingerprint density at radius 2 is 1.68 bits per heavy atom. The molecule has 6 fully saturated rings. The smallest absolute Gasteiger partial charge is 0.307 e. The molecule has 6 aliphatic carbocycles. The van der Waals surface area contributed by atoms with Gasteiger partial charge in [0.1, 0.15) is 0 Å². The van der Waals surface area contributed by atoms with E-state index in [1.165, 1.54) is 68.1 Å². The van der Waals surface area contributed by atoms with E-state index in [2.05, 4.69) is 76.4 Å². The van der Waals surface area contributed by atoms with Crippen LogP contribution in [0.25, 0.3) is 0 Å². The quantitative estimate of drug-likeness (QED) is 0.195. The maximum absolute atomic E-state index is 12.6. The van der Waals surface area contributed by atoms with Crippen molar-refractivity contribution in [2.75, 3.05) is 32.4 Å². The fraction of sp³-hybridized carbons (Fsp3) is 0.818. The molecule has 1 saturated heterocycles. The van der Waals surface area contributed by atoms with E-state index in [0.29, 0.717) is 28.6 Å². The first-order valence-corrected chi connectivity index (χ1v) is 22.6. The van der Waals surface area contributed by atoms with Gasteiger partial charge in [-0.05, 0) is 176 Å². The molecule has 0 aromatic carbocycles. The van der Waals surface area contributed by atoms with Crippen LogP contribution < -0.4 is 5.32 Å². The molecule has 0 radical (unpaired) electrons. The minimum Gasteiger partial charge on any atom is -0.481 e. The van der Waals surface area contributed by atoms with Crippen LogP contribution in [0.1, 0.15) is 125 Å². The second kappa shape index (κ2) is 12.6. The van der Waals surface area contributed by atoms with Gasteiger partial charge in [-0.3, -0.25) is 9.00 Å². The number of piperidine rings is 1. The molecule has 6 heteroatoms. The van der Waals surface area contributed by atoms with Crippen molar-refractivity contribution in [2.45, 2.75) is 136 Å². The fourth-order valence-electron chi connectivity index (χ4n) is 14.5. The lowest BCUT2D eigenvalue weighted by molar-refractivity contribution is -0.221. The Kier molecular flexibility index (Phi) is 9.32. The Bertz CT molecular complexity index is 1540. The van der Waals surface area contributed by atoms with Crippen LogP contribution in [0.2, 0.25) is 0 Å².